The van der Waals surface area contributed by atoms with Crippen molar-refractivity contribution < 1.29 is 9.47 Å². The number of hydrogen-bond donors (Lipinski definition) is 1. The number of thioether (sulfide) groups is 1. The lowest BCUT2D eigenvalue weighted by Crippen LogP contribution is -2.32. The molecule has 2 aliphatic heterocycles. The first-order chi connectivity index (χ1) is 16.7. The van der Waals surface area contributed by atoms with Gasteiger partial charge in [-0.1, -0.05) is 64.1 Å². The maximum Gasteiger partial charge on any atom is 0.227 e. The summed E-state index contributed by atoms with van der Waals surface area (Å²) in [4.78, 5) is 4.75. The number of nitrogens with one attached hydrogen (secondary N) is 1. The van der Waals surface area contributed by atoms with E-state index in [0.717, 1.165) is 43.9 Å². The molecular formula is C26H21BrN4O2S. The van der Waals surface area contributed by atoms with E-state index in [1.807, 2.05) is 53.4 Å². The Morgan fingerprint density at radius 1 is 1.03 bits per heavy atom. The fraction of sp³-hybridized carbons (Fsp3) is 0.154. The zero-order valence-corrected chi connectivity index (χ0v) is 20.9. The summed E-state index contributed by atoms with van der Waals surface area (Å²) in [6.07, 6.45) is 1.68. The highest BCUT2D eigenvalue weighted by molar-refractivity contribution is 9.10. The summed E-state index contributed by atoms with van der Waals surface area (Å²) in [6, 6.07) is 24.3. The maximum atomic E-state index is 6.68. The number of rotatable bonds is 4. The molecule has 0 radical (unpaired) electrons. The molecular weight excluding hydrogens is 512 g/mol. The van der Waals surface area contributed by atoms with Crippen molar-refractivity contribution >= 4 is 39.3 Å². The minimum absolute atomic E-state index is 0.206. The first-order valence-corrected chi connectivity index (χ1v) is 12.8. The highest BCUT2D eigenvalue weighted by Gasteiger charge is 2.41. The largest absolute Gasteiger partial charge is 0.497 e. The third kappa shape index (κ3) is 3.49. The van der Waals surface area contributed by atoms with Gasteiger partial charge in [0.25, 0.3) is 0 Å². The molecule has 0 saturated heterocycles. The summed E-state index contributed by atoms with van der Waals surface area (Å²) in [5, 5.41) is 9.14. The highest BCUT2D eigenvalue weighted by Crippen LogP contribution is 2.51. The highest BCUT2D eigenvalue weighted by atomic mass is 79.9. The minimum Gasteiger partial charge on any atom is -0.497 e. The van der Waals surface area contributed by atoms with E-state index in [4.69, 9.17) is 19.6 Å². The average molecular weight is 533 g/mol. The number of methoxy groups -OCH3 is 1. The Hall–Kier alpha value is -3.23. The van der Waals surface area contributed by atoms with Crippen molar-refractivity contribution in [3.8, 4) is 11.5 Å². The van der Waals surface area contributed by atoms with Crippen LogP contribution in [0.1, 0.15) is 28.8 Å². The van der Waals surface area contributed by atoms with E-state index in [0.29, 0.717) is 11.1 Å². The SMILES string of the molecule is COc1ccc([C@H]2C3=C(Nc4nc(SC)nn42)c2ccccc2O[C@@H]3c2cccc(Br)c2)cc1. The minimum atomic E-state index is -0.308. The number of hydrogen-bond acceptors (Lipinski definition) is 6. The van der Waals surface area contributed by atoms with Gasteiger partial charge in [-0.2, -0.15) is 4.98 Å². The van der Waals surface area contributed by atoms with Gasteiger partial charge in [-0.25, -0.2) is 4.68 Å². The van der Waals surface area contributed by atoms with Crippen LogP contribution in [-0.2, 0) is 0 Å². The number of anilines is 1. The number of halogens is 1. The summed E-state index contributed by atoms with van der Waals surface area (Å²) in [5.41, 5.74) is 5.26. The molecule has 0 fully saturated rings. The van der Waals surface area contributed by atoms with E-state index in [-0.39, 0.29) is 12.1 Å². The normalized spacial score (nSPS) is 18.3. The van der Waals surface area contributed by atoms with Crippen LogP contribution in [0.4, 0.5) is 5.95 Å². The molecule has 0 aliphatic carbocycles. The molecule has 1 aromatic heterocycles. The van der Waals surface area contributed by atoms with Crippen LogP contribution in [0.2, 0.25) is 0 Å². The summed E-state index contributed by atoms with van der Waals surface area (Å²) in [6.45, 7) is 0. The zero-order valence-electron chi connectivity index (χ0n) is 18.5. The van der Waals surface area contributed by atoms with E-state index in [9.17, 15) is 0 Å². The Kier molecular flexibility index (Phi) is 5.34. The van der Waals surface area contributed by atoms with Crippen LogP contribution in [0.25, 0.3) is 5.70 Å². The van der Waals surface area contributed by atoms with Crippen molar-refractivity contribution in [2.24, 2.45) is 0 Å². The molecule has 0 unspecified atom stereocenters. The van der Waals surface area contributed by atoms with Gasteiger partial charge in [-0.05, 0) is 53.8 Å². The first kappa shape index (κ1) is 21.3. The third-order valence-corrected chi connectivity index (χ3v) is 7.16. The molecule has 4 aromatic rings. The number of aromatic nitrogens is 3. The molecule has 0 spiro atoms. The number of para-hydroxylation sites is 1. The average Bonchev–Trinajstić information content (AvgIpc) is 3.30. The molecule has 8 heteroatoms. The Morgan fingerprint density at radius 3 is 2.62 bits per heavy atom. The predicted molar refractivity (Wildman–Crippen MR) is 137 cm³/mol. The lowest BCUT2D eigenvalue weighted by atomic mass is 9.84. The zero-order chi connectivity index (χ0) is 23.2. The van der Waals surface area contributed by atoms with Gasteiger partial charge in [0.1, 0.15) is 23.6 Å². The van der Waals surface area contributed by atoms with Crippen molar-refractivity contribution in [3.63, 3.8) is 0 Å². The lowest BCUT2D eigenvalue weighted by molar-refractivity contribution is 0.223. The van der Waals surface area contributed by atoms with E-state index in [1.165, 1.54) is 11.8 Å². The molecule has 3 heterocycles. The van der Waals surface area contributed by atoms with Crippen LogP contribution in [0.15, 0.2) is 88.0 Å². The van der Waals surface area contributed by atoms with Gasteiger partial charge < -0.3 is 14.8 Å². The molecule has 34 heavy (non-hydrogen) atoms. The van der Waals surface area contributed by atoms with E-state index in [2.05, 4.69) is 51.6 Å². The second-order valence-corrected chi connectivity index (χ2v) is 9.74. The first-order valence-electron chi connectivity index (χ1n) is 10.8. The Morgan fingerprint density at radius 2 is 1.85 bits per heavy atom. The van der Waals surface area contributed by atoms with Crippen molar-refractivity contribution in [2.45, 2.75) is 17.3 Å². The van der Waals surface area contributed by atoms with Crippen LogP contribution in [0.5, 0.6) is 11.5 Å². The van der Waals surface area contributed by atoms with Gasteiger partial charge in [0.05, 0.1) is 12.8 Å². The Labute approximate surface area is 210 Å². The van der Waals surface area contributed by atoms with E-state index >= 15 is 0 Å². The monoisotopic (exact) mass is 532 g/mol. The quantitative estimate of drug-likeness (QED) is 0.310. The fourth-order valence-electron chi connectivity index (χ4n) is 4.60. The molecule has 1 N–H and O–H groups in total. The van der Waals surface area contributed by atoms with Crippen molar-refractivity contribution in [2.75, 3.05) is 18.7 Å². The molecule has 3 aromatic carbocycles. The van der Waals surface area contributed by atoms with Gasteiger partial charge in [-0.15, -0.1) is 5.10 Å². The van der Waals surface area contributed by atoms with Gasteiger partial charge in [0, 0.05) is 15.6 Å². The van der Waals surface area contributed by atoms with Gasteiger partial charge >= 0.3 is 0 Å². The van der Waals surface area contributed by atoms with E-state index in [1.54, 1.807) is 7.11 Å². The van der Waals surface area contributed by atoms with Crippen LogP contribution >= 0.6 is 27.7 Å². The topological polar surface area (TPSA) is 61.2 Å². The number of fused-ring (bicyclic) bond motifs is 3. The van der Waals surface area contributed by atoms with Gasteiger partial charge in [0.2, 0.25) is 11.1 Å². The van der Waals surface area contributed by atoms with Crippen molar-refractivity contribution in [1.29, 1.82) is 0 Å². The van der Waals surface area contributed by atoms with Gasteiger partial charge in [-0.3, -0.25) is 0 Å². The van der Waals surface area contributed by atoms with Crippen molar-refractivity contribution in [3.05, 3.63) is 99.5 Å². The standard InChI is InChI=1S/C26H21BrN4O2S/c1-32-18-12-10-15(11-13-18)23-21-22(28-25-29-26(34-2)30-31(23)25)19-8-3-4-9-20(19)33-24(21)16-6-5-7-17(27)14-16/h3-14,23-24H,1-2H3,(H,28,29,30)/t23-,24+/m0/s1. The molecule has 2 atom stereocenters. The van der Waals surface area contributed by atoms with Crippen LogP contribution in [0, 0.1) is 0 Å². The summed E-state index contributed by atoms with van der Waals surface area (Å²) < 4.78 is 15.1. The molecule has 0 saturated carbocycles. The Balaban J connectivity index is 1.62. The fourth-order valence-corrected chi connectivity index (χ4v) is 5.36. The van der Waals surface area contributed by atoms with Crippen molar-refractivity contribution in [1.82, 2.24) is 14.8 Å². The smallest absolute Gasteiger partial charge is 0.227 e. The third-order valence-electron chi connectivity index (χ3n) is 6.13. The molecule has 2 aliphatic rings. The second-order valence-electron chi connectivity index (χ2n) is 8.05. The second kappa shape index (κ2) is 8.52. The molecule has 0 bridgehead atoms. The lowest BCUT2D eigenvalue weighted by Gasteiger charge is -2.39. The van der Waals surface area contributed by atoms with Gasteiger partial charge in [0.15, 0.2) is 0 Å². The summed E-state index contributed by atoms with van der Waals surface area (Å²) in [5.74, 6) is 2.36. The predicted octanol–water partition coefficient (Wildman–Crippen LogP) is 6.33. The molecule has 170 valence electrons. The Bertz CT molecular complexity index is 1420. The molecule has 0 amide bonds. The van der Waals surface area contributed by atoms with Crippen LogP contribution in [0.3, 0.4) is 0 Å². The van der Waals surface area contributed by atoms with Crippen LogP contribution < -0.4 is 14.8 Å². The number of benzene rings is 3. The number of nitrogens with zero attached hydrogens (tertiary/aromatic N) is 3. The van der Waals surface area contributed by atoms with E-state index < -0.39 is 0 Å². The number of ether oxygens (including phenoxy) is 2. The molecule has 6 nitrogen and oxygen atoms in total. The summed E-state index contributed by atoms with van der Waals surface area (Å²) >= 11 is 5.16. The van der Waals surface area contributed by atoms with Crippen LogP contribution in [-0.4, -0.2) is 28.1 Å². The summed E-state index contributed by atoms with van der Waals surface area (Å²) in [7, 11) is 1.68. The molecule has 6 rings (SSSR count). The maximum absolute atomic E-state index is 6.68.